The van der Waals surface area contributed by atoms with Crippen molar-refractivity contribution in [2.45, 2.75) is 31.2 Å². The number of rotatable bonds is 3. The maximum absolute atomic E-state index is 12.3. The molecule has 17 heavy (non-hydrogen) atoms. The second-order valence-corrected chi connectivity index (χ2v) is 6.47. The minimum Gasteiger partial charge on any atom is -0.317 e. The van der Waals surface area contributed by atoms with Crippen molar-refractivity contribution in [3.8, 4) is 0 Å². The first-order valence-electron chi connectivity index (χ1n) is 5.69. The first kappa shape index (κ1) is 12.3. The van der Waals surface area contributed by atoms with Gasteiger partial charge in [0.05, 0.1) is 9.80 Å². The molecule has 1 aromatic rings. The molecule has 0 fully saturated rings. The van der Waals surface area contributed by atoms with E-state index in [-0.39, 0.29) is 6.04 Å². The van der Waals surface area contributed by atoms with E-state index in [9.17, 15) is 8.42 Å². The number of benzene rings is 1. The molecule has 1 N–H and O–H groups in total. The summed E-state index contributed by atoms with van der Waals surface area (Å²) in [7, 11) is -1.41. The van der Waals surface area contributed by atoms with Crippen LogP contribution >= 0.6 is 0 Å². The van der Waals surface area contributed by atoms with Crippen LogP contribution in [-0.2, 0) is 9.84 Å². The van der Waals surface area contributed by atoms with Crippen molar-refractivity contribution < 1.29 is 8.42 Å². The largest absolute Gasteiger partial charge is 0.317 e. The highest BCUT2D eigenvalue weighted by molar-refractivity contribution is 7.95. The third-order valence-electron chi connectivity index (χ3n) is 3.22. The third kappa shape index (κ3) is 2.03. The normalized spacial score (nSPS) is 18.6. The maximum Gasteiger partial charge on any atom is 0.203 e. The van der Waals surface area contributed by atoms with Gasteiger partial charge in [0, 0.05) is 6.04 Å². The summed E-state index contributed by atoms with van der Waals surface area (Å²) in [6.45, 7) is 3.92. The Morgan fingerprint density at radius 2 is 2.06 bits per heavy atom. The van der Waals surface area contributed by atoms with Gasteiger partial charge < -0.3 is 5.32 Å². The summed E-state index contributed by atoms with van der Waals surface area (Å²) < 4.78 is 24.6. The van der Waals surface area contributed by atoms with Gasteiger partial charge in [-0.3, -0.25) is 0 Å². The summed E-state index contributed by atoms with van der Waals surface area (Å²) in [5.74, 6) is 0. The van der Waals surface area contributed by atoms with Crippen molar-refractivity contribution in [2.24, 2.45) is 0 Å². The standard InChI is InChI=1S/C13H17NO2S/c1-9-5-4-6-13-12(9)8-11(17(13,15)16)7-10(2)14-3/h4-6,8,10,14H,7H2,1-3H3. The van der Waals surface area contributed by atoms with E-state index >= 15 is 0 Å². The van der Waals surface area contributed by atoms with E-state index in [1.165, 1.54) is 0 Å². The van der Waals surface area contributed by atoms with E-state index in [1.807, 2.05) is 33.0 Å². The lowest BCUT2D eigenvalue weighted by atomic mass is 10.1. The van der Waals surface area contributed by atoms with E-state index in [0.717, 1.165) is 11.1 Å². The number of aryl methyl sites for hydroxylation is 1. The van der Waals surface area contributed by atoms with Gasteiger partial charge in [-0.1, -0.05) is 12.1 Å². The zero-order chi connectivity index (χ0) is 12.6. The summed E-state index contributed by atoms with van der Waals surface area (Å²) in [5, 5.41) is 3.07. The second-order valence-electron chi connectivity index (χ2n) is 4.49. The molecule has 0 amide bonds. The van der Waals surface area contributed by atoms with E-state index in [0.29, 0.717) is 16.2 Å². The third-order valence-corrected chi connectivity index (χ3v) is 5.13. The highest BCUT2D eigenvalue weighted by Crippen LogP contribution is 2.36. The van der Waals surface area contributed by atoms with Crippen molar-refractivity contribution >= 4 is 15.9 Å². The molecule has 3 nitrogen and oxygen atoms in total. The van der Waals surface area contributed by atoms with E-state index < -0.39 is 9.84 Å². The van der Waals surface area contributed by atoms with E-state index in [4.69, 9.17) is 0 Å². The van der Waals surface area contributed by atoms with Gasteiger partial charge >= 0.3 is 0 Å². The van der Waals surface area contributed by atoms with Gasteiger partial charge in [0.1, 0.15) is 0 Å². The Morgan fingerprint density at radius 3 is 2.65 bits per heavy atom. The SMILES string of the molecule is CNC(C)CC1=Cc2c(C)cccc2S1(=O)=O. The van der Waals surface area contributed by atoms with Crippen molar-refractivity contribution in [1.29, 1.82) is 0 Å². The van der Waals surface area contributed by atoms with E-state index in [2.05, 4.69) is 5.32 Å². The summed E-state index contributed by atoms with van der Waals surface area (Å²) in [6.07, 6.45) is 2.35. The molecular formula is C13H17NO2S. The van der Waals surface area contributed by atoms with Crippen LogP contribution in [0.3, 0.4) is 0 Å². The zero-order valence-corrected chi connectivity index (χ0v) is 11.1. The van der Waals surface area contributed by atoms with Crippen molar-refractivity contribution in [1.82, 2.24) is 5.32 Å². The molecule has 1 aliphatic rings. The van der Waals surface area contributed by atoms with E-state index in [1.54, 1.807) is 12.1 Å². The Hall–Kier alpha value is -1.13. The first-order chi connectivity index (χ1) is 7.96. The first-order valence-corrected chi connectivity index (χ1v) is 7.17. The van der Waals surface area contributed by atoms with Gasteiger partial charge in [-0.05, 0) is 50.6 Å². The number of nitrogens with one attached hydrogen (secondary N) is 1. The number of sulfone groups is 1. The molecule has 1 aliphatic heterocycles. The average molecular weight is 251 g/mol. The van der Waals surface area contributed by atoms with Crippen molar-refractivity contribution in [2.75, 3.05) is 7.05 Å². The van der Waals surface area contributed by atoms with Crippen molar-refractivity contribution in [3.63, 3.8) is 0 Å². The summed E-state index contributed by atoms with van der Waals surface area (Å²) in [5.41, 5.74) is 1.86. The molecule has 0 aromatic heterocycles. The van der Waals surface area contributed by atoms with Crippen LogP contribution in [0.25, 0.3) is 6.08 Å². The van der Waals surface area contributed by atoms with Gasteiger partial charge in [-0.15, -0.1) is 0 Å². The van der Waals surface area contributed by atoms with Crippen LogP contribution in [0.5, 0.6) is 0 Å². The molecule has 1 unspecified atom stereocenters. The average Bonchev–Trinajstić information content (AvgIpc) is 2.53. The molecule has 2 rings (SSSR count). The Bertz CT molecular complexity index is 573. The lowest BCUT2D eigenvalue weighted by Gasteiger charge is -2.10. The van der Waals surface area contributed by atoms with Crippen LogP contribution in [-0.4, -0.2) is 21.5 Å². The van der Waals surface area contributed by atoms with Crippen LogP contribution in [0.4, 0.5) is 0 Å². The minimum absolute atomic E-state index is 0.158. The molecular weight excluding hydrogens is 234 g/mol. The van der Waals surface area contributed by atoms with Gasteiger partial charge in [0.2, 0.25) is 9.84 Å². The Morgan fingerprint density at radius 1 is 1.35 bits per heavy atom. The van der Waals surface area contributed by atoms with Crippen LogP contribution in [0.15, 0.2) is 28.0 Å². The van der Waals surface area contributed by atoms with Gasteiger partial charge in [0.25, 0.3) is 0 Å². The predicted octanol–water partition coefficient (Wildman–Crippen LogP) is 2.12. The van der Waals surface area contributed by atoms with Crippen LogP contribution in [0.1, 0.15) is 24.5 Å². The highest BCUT2D eigenvalue weighted by Gasteiger charge is 2.30. The van der Waals surface area contributed by atoms with Crippen molar-refractivity contribution in [3.05, 3.63) is 34.2 Å². The molecule has 0 radical (unpaired) electrons. The molecule has 1 aromatic carbocycles. The Labute approximate surface area is 102 Å². The molecule has 4 heteroatoms. The second kappa shape index (κ2) is 4.27. The molecule has 1 heterocycles. The summed E-state index contributed by atoms with van der Waals surface area (Å²) in [6, 6.07) is 5.58. The van der Waals surface area contributed by atoms with Crippen LogP contribution < -0.4 is 5.32 Å². The molecule has 0 spiro atoms. The lowest BCUT2D eigenvalue weighted by Crippen LogP contribution is -2.22. The van der Waals surface area contributed by atoms with Gasteiger partial charge in [-0.2, -0.15) is 0 Å². The minimum atomic E-state index is -3.25. The maximum atomic E-state index is 12.3. The van der Waals surface area contributed by atoms with Crippen LogP contribution in [0, 0.1) is 6.92 Å². The zero-order valence-electron chi connectivity index (χ0n) is 10.3. The Kier molecular flexibility index (Phi) is 3.10. The highest BCUT2D eigenvalue weighted by atomic mass is 32.2. The molecule has 0 aliphatic carbocycles. The molecule has 0 bridgehead atoms. The number of fused-ring (bicyclic) bond motifs is 1. The number of hydrogen-bond acceptors (Lipinski definition) is 3. The molecule has 0 saturated heterocycles. The molecule has 1 atom stereocenters. The topological polar surface area (TPSA) is 46.2 Å². The molecule has 0 saturated carbocycles. The van der Waals surface area contributed by atoms with Crippen LogP contribution in [0.2, 0.25) is 0 Å². The van der Waals surface area contributed by atoms with Gasteiger partial charge in [-0.25, -0.2) is 8.42 Å². The number of hydrogen-bond donors (Lipinski definition) is 1. The predicted molar refractivity (Wildman–Crippen MR) is 69.5 cm³/mol. The fraction of sp³-hybridized carbons (Fsp3) is 0.385. The van der Waals surface area contributed by atoms with Gasteiger partial charge in [0.15, 0.2) is 0 Å². The lowest BCUT2D eigenvalue weighted by molar-refractivity contribution is 0.586. The smallest absolute Gasteiger partial charge is 0.203 e. The molecule has 92 valence electrons. The fourth-order valence-corrected chi connectivity index (χ4v) is 3.82. The Balaban J connectivity index is 2.47. The summed E-state index contributed by atoms with van der Waals surface area (Å²) in [4.78, 5) is 0.972. The summed E-state index contributed by atoms with van der Waals surface area (Å²) >= 11 is 0. The monoisotopic (exact) mass is 251 g/mol. The fourth-order valence-electron chi connectivity index (χ4n) is 2.03. The quantitative estimate of drug-likeness (QED) is 0.895.